The van der Waals surface area contributed by atoms with Crippen molar-refractivity contribution in [3.8, 4) is 0 Å². The third kappa shape index (κ3) is 3.20. The van der Waals surface area contributed by atoms with E-state index in [1.807, 2.05) is 12.3 Å². The predicted molar refractivity (Wildman–Crippen MR) is 87.3 cm³/mol. The van der Waals surface area contributed by atoms with Gasteiger partial charge in [-0.15, -0.1) is 0 Å². The molecule has 4 nitrogen and oxygen atoms in total. The van der Waals surface area contributed by atoms with Crippen LogP contribution in [0.25, 0.3) is 11.0 Å². The minimum absolute atomic E-state index is 0.461. The second kappa shape index (κ2) is 5.66. The molecule has 0 atom stereocenters. The van der Waals surface area contributed by atoms with Crippen molar-refractivity contribution in [2.75, 3.05) is 11.9 Å². The molecule has 2 heterocycles. The molecule has 2 aromatic heterocycles. The second-order valence-corrected chi connectivity index (χ2v) is 7.43. The van der Waals surface area contributed by atoms with Crippen LogP contribution in [-0.2, 0) is 0 Å². The predicted octanol–water partition coefficient (Wildman–Crippen LogP) is 4.22. The first kappa shape index (κ1) is 14.4. The van der Waals surface area contributed by atoms with E-state index in [0.29, 0.717) is 5.41 Å². The molecule has 0 radical (unpaired) electrons. The summed E-state index contributed by atoms with van der Waals surface area (Å²) in [6.07, 6.45) is 8.92. The van der Waals surface area contributed by atoms with Gasteiger partial charge in [0.15, 0.2) is 0 Å². The first-order chi connectivity index (χ1) is 10.0. The van der Waals surface area contributed by atoms with Crippen molar-refractivity contribution in [1.82, 2.24) is 15.0 Å². The summed E-state index contributed by atoms with van der Waals surface area (Å²) in [5.41, 5.74) is 1.37. The number of rotatable bonds is 3. The number of nitrogens with zero attached hydrogens (tertiary/aromatic N) is 2. The van der Waals surface area contributed by atoms with E-state index in [0.717, 1.165) is 35.2 Å². The van der Waals surface area contributed by atoms with E-state index in [4.69, 9.17) is 0 Å². The van der Waals surface area contributed by atoms with Gasteiger partial charge >= 0.3 is 0 Å². The van der Waals surface area contributed by atoms with Crippen LogP contribution >= 0.6 is 0 Å². The Labute approximate surface area is 126 Å². The van der Waals surface area contributed by atoms with Crippen molar-refractivity contribution in [3.05, 3.63) is 18.6 Å². The van der Waals surface area contributed by atoms with Crippen molar-refractivity contribution in [1.29, 1.82) is 0 Å². The number of nitrogens with one attached hydrogen (secondary N) is 2. The topological polar surface area (TPSA) is 53.6 Å². The average Bonchev–Trinajstić information content (AvgIpc) is 2.93. The van der Waals surface area contributed by atoms with Crippen LogP contribution in [-0.4, -0.2) is 21.5 Å². The van der Waals surface area contributed by atoms with Gasteiger partial charge in [-0.3, -0.25) is 0 Å². The summed E-state index contributed by atoms with van der Waals surface area (Å²) >= 11 is 0. The van der Waals surface area contributed by atoms with E-state index in [2.05, 4.69) is 41.0 Å². The van der Waals surface area contributed by atoms with Gasteiger partial charge in [-0.05, 0) is 49.0 Å². The Morgan fingerprint density at radius 3 is 2.67 bits per heavy atom. The highest BCUT2D eigenvalue weighted by Gasteiger charge is 2.29. The summed E-state index contributed by atoms with van der Waals surface area (Å²) in [5, 5.41) is 4.61. The SMILES string of the molecule is CC(C)(C)C1CCC(CNc2ncnc3[nH]ccc23)CC1. The minimum atomic E-state index is 0.461. The molecule has 114 valence electrons. The highest BCUT2D eigenvalue weighted by Crippen LogP contribution is 2.39. The van der Waals surface area contributed by atoms with Crippen LogP contribution in [0.5, 0.6) is 0 Å². The van der Waals surface area contributed by atoms with Crippen LogP contribution in [0, 0.1) is 17.3 Å². The van der Waals surface area contributed by atoms with Crippen LogP contribution in [0.3, 0.4) is 0 Å². The third-order valence-corrected chi connectivity index (χ3v) is 4.98. The average molecular weight is 286 g/mol. The zero-order valence-electron chi connectivity index (χ0n) is 13.3. The Morgan fingerprint density at radius 2 is 1.95 bits per heavy atom. The Morgan fingerprint density at radius 1 is 1.19 bits per heavy atom. The summed E-state index contributed by atoms with van der Waals surface area (Å²) in [6.45, 7) is 8.15. The Balaban J connectivity index is 1.56. The zero-order chi connectivity index (χ0) is 14.9. The van der Waals surface area contributed by atoms with Gasteiger partial charge in [0.05, 0.1) is 5.39 Å². The summed E-state index contributed by atoms with van der Waals surface area (Å²) in [7, 11) is 0. The van der Waals surface area contributed by atoms with E-state index >= 15 is 0 Å². The largest absolute Gasteiger partial charge is 0.369 e. The molecule has 1 aliphatic carbocycles. The number of hydrogen-bond donors (Lipinski definition) is 2. The summed E-state index contributed by atoms with van der Waals surface area (Å²) in [6, 6.07) is 2.04. The molecule has 1 aliphatic rings. The molecule has 4 heteroatoms. The summed E-state index contributed by atoms with van der Waals surface area (Å²) in [4.78, 5) is 11.7. The molecule has 0 aromatic carbocycles. The van der Waals surface area contributed by atoms with Gasteiger partial charge < -0.3 is 10.3 Å². The molecule has 1 fully saturated rings. The first-order valence-electron chi connectivity index (χ1n) is 8.06. The van der Waals surface area contributed by atoms with Gasteiger partial charge in [-0.2, -0.15) is 0 Å². The maximum atomic E-state index is 4.38. The number of hydrogen-bond acceptors (Lipinski definition) is 3. The van der Waals surface area contributed by atoms with Crippen molar-refractivity contribution in [3.63, 3.8) is 0 Å². The molecule has 0 saturated heterocycles. The number of H-pyrrole nitrogens is 1. The van der Waals surface area contributed by atoms with Gasteiger partial charge in [-0.25, -0.2) is 9.97 Å². The van der Waals surface area contributed by atoms with Crippen molar-refractivity contribution in [2.24, 2.45) is 17.3 Å². The molecule has 0 bridgehead atoms. The highest BCUT2D eigenvalue weighted by atomic mass is 15.0. The smallest absolute Gasteiger partial charge is 0.142 e. The lowest BCUT2D eigenvalue weighted by molar-refractivity contribution is 0.153. The Bertz CT molecular complexity index is 588. The third-order valence-electron chi connectivity index (χ3n) is 4.98. The summed E-state index contributed by atoms with van der Waals surface area (Å²) < 4.78 is 0. The fourth-order valence-electron chi connectivity index (χ4n) is 3.49. The van der Waals surface area contributed by atoms with E-state index in [9.17, 15) is 0 Å². The molecule has 0 unspecified atom stereocenters. The fraction of sp³-hybridized carbons (Fsp3) is 0.647. The molecule has 0 aliphatic heterocycles. The lowest BCUT2D eigenvalue weighted by Crippen LogP contribution is -2.28. The molecule has 2 N–H and O–H groups in total. The van der Waals surface area contributed by atoms with E-state index in [1.54, 1.807) is 6.33 Å². The molecular weight excluding hydrogens is 260 g/mol. The van der Waals surface area contributed by atoms with Crippen LogP contribution < -0.4 is 5.32 Å². The van der Waals surface area contributed by atoms with Gasteiger partial charge in [-0.1, -0.05) is 20.8 Å². The molecular formula is C17H26N4. The number of aromatic amines is 1. The molecule has 3 rings (SSSR count). The minimum Gasteiger partial charge on any atom is -0.369 e. The van der Waals surface area contributed by atoms with Crippen molar-refractivity contribution >= 4 is 16.9 Å². The Hall–Kier alpha value is -1.58. The quantitative estimate of drug-likeness (QED) is 0.888. The molecule has 1 saturated carbocycles. The zero-order valence-corrected chi connectivity index (χ0v) is 13.3. The molecule has 2 aromatic rings. The van der Waals surface area contributed by atoms with Crippen molar-refractivity contribution < 1.29 is 0 Å². The monoisotopic (exact) mass is 286 g/mol. The van der Waals surface area contributed by atoms with E-state index in [-0.39, 0.29) is 0 Å². The summed E-state index contributed by atoms with van der Waals surface area (Å²) in [5.74, 6) is 2.61. The number of anilines is 1. The normalized spacial score (nSPS) is 23.4. The number of fused-ring (bicyclic) bond motifs is 1. The van der Waals surface area contributed by atoms with Crippen LogP contribution in [0.4, 0.5) is 5.82 Å². The molecule has 0 amide bonds. The van der Waals surface area contributed by atoms with Crippen LogP contribution in [0.1, 0.15) is 46.5 Å². The maximum absolute atomic E-state index is 4.38. The van der Waals surface area contributed by atoms with E-state index in [1.165, 1.54) is 25.7 Å². The Kier molecular flexibility index (Phi) is 3.87. The standard InChI is InChI=1S/C17H26N4/c1-17(2,3)13-6-4-12(5-7-13)10-19-16-14-8-9-18-15(14)20-11-21-16/h8-9,11-13H,4-7,10H2,1-3H3,(H2,18,19,20,21). The molecule has 21 heavy (non-hydrogen) atoms. The van der Waals surface area contributed by atoms with Gasteiger partial charge in [0.1, 0.15) is 17.8 Å². The number of aromatic nitrogens is 3. The van der Waals surface area contributed by atoms with Gasteiger partial charge in [0, 0.05) is 12.7 Å². The molecule has 0 spiro atoms. The van der Waals surface area contributed by atoms with Crippen LogP contribution in [0.15, 0.2) is 18.6 Å². The van der Waals surface area contributed by atoms with E-state index < -0.39 is 0 Å². The highest BCUT2D eigenvalue weighted by molar-refractivity contribution is 5.86. The fourth-order valence-corrected chi connectivity index (χ4v) is 3.49. The van der Waals surface area contributed by atoms with Crippen molar-refractivity contribution in [2.45, 2.75) is 46.5 Å². The lowest BCUT2D eigenvalue weighted by Gasteiger charge is -2.37. The van der Waals surface area contributed by atoms with Crippen LogP contribution in [0.2, 0.25) is 0 Å². The lowest BCUT2D eigenvalue weighted by atomic mass is 9.70. The first-order valence-corrected chi connectivity index (χ1v) is 8.06. The van der Waals surface area contributed by atoms with Gasteiger partial charge in [0.25, 0.3) is 0 Å². The van der Waals surface area contributed by atoms with Gasteiger partial charge in [0.2, 0.25) is 0 Å². The second-order valence-electron chi connectivity index (χ2n) is 7.43. The maximum Gasteiger partial charge on any atom is 0.142 e.